The molecule has 0 saturated carbocycles. The SMILES string of the molecule is CN(C(=O)CCCCN)[C@@H](Cc1ccccc1)C(N)=O. The number of hydrogen-bond donors (Lipinski definition) is 2. The Morgan fingerprint density at radius 3 is 2.40 bits per heavy atom. The van der Waals surface area contributed by atoms with E-state index in [2.05, 4.69) is 0 Å². The molecule has 0 saturated heterocycles. The summed E-state index contributed by atoms with van der Waals surface area (Å²) in [7, 11) is 1.63. The van der Waals surface area contributed by atoms with Crippen LogP contribution in [0.3, 0.4) is 0 Å². The monoisotopic (exact) mass is 277 g/mol. The number of nitrogens with zero attached hydrogens (tertiary/aromatic N) is 1. The third-order valence-corrected chi connectivity index (χ3v) is 3.31. The summed E-state index contributed by atoms with van der Waals surface area (Å²) >= 11 is 0. The van der Waals surface area contributed by atoms with Crippen LogP contribution in [0.15, 0.2) is 30.3 Å². The van der Waals surface area contributed by atoms with Gasteiger partial charge in [-0.25, -0.2) is 0 Å². The molecule has 110 valence electrons. The average molecular weight is 277 g/mol. The van der Waals surface area contributed by atoms with Crippen molar-refractivity contribution in [3.05, 3.63) is 35.9 Å². The van der Waals surface area contributed by atoms with Crippen molar-refractivity contribution in [3.63, 3.8) is 0 Å². The van der Waals surface area contributed by atoms with Gasteiger partial charge in [0.2, 0.25) is 11.8 Å². The first-order valence-electron chi connectivity index (χ1n) is 6.85. The number of hydrogen-bond acceptors (Lipinski definition) is 3. The van der Waals surface area contributed by atoms with Gasteiger partial charge in [0.05, 0.1) is 0 Å². The van der Waals surface area contributed by atoms with E-state index in [1.165, 1.54) is 4.90 Å². The molecular weight excluding hydrogens is 254 g/mol. The van der Waals surface area contributed by atoms with Crippen LogP contribution in [0.1, 0.15) is 24.8 Å². The number of nitrogens with two attached hydrogens (primary N) is 2. The van der Waals surface area contributed by atoms with Crippen LogP contribution in [-0.4, -0.2) is 36.3 Å². The third-order valence-electron chi connectivity index (χ3n) is 3.31. The molecule has 1 atom stereocenters. The summed E-state index contributed by atoms with van der Waals surface area (Å²) in [5, 5.41) is 0. The molecule has 4 N–H and O–H groups in total. The molecule has 0 spiro atoms. The van der Waals surface area contributed by atoms with Crippen molar-refractivity contribution in [2.24, 2.45) is 11.5 Å². The first kappa shape index (κ1) is 16.2. The molecule has 0 radical (unpaired) electrons. The third kappa shape index (κ3) is 5.01. The lowest BCUT2D eigenvalue weighted by Gasteiger charge is -2.26. The molecule has 2 amide bonds. The Kier molecular flexibility index (Phi) is 6.73. The zero-order chi connectivity index (χ0) is 15.0. The zero-order valence-electron chi connectivity index (χ0n) is 11.9. The molecule has 0 bridgehead atoms. The number of carbonyl (C=O) groups is 2. The number of benzene rings is 1. The fraction of sp³-hybridized carbons (Fsp3) is 0.467. The van der Waals surface area contributed by atoms with Crippen LogP contribution in [-0.2, 0) is 16.0 Å². The number of carbonyl (C=O) groups excluding carboxylic acids is 2. The Labute approximate surface area is 119 Å². The summed E-state index contributed by atoms with van der Waals surface area (Å²) in [5.41, 5.74) is 11.8. The summed E-state index contributed by atoms with van der Waals surface area (Å²) < 4.78 is 0. The molecule has 0 unspecified atom stereocenters. The highest BCUT2D eigenvalue weighted by molar-refractivity contribution is 5.86. The topological polar surface area (TPSA) is 89.4 Å². The van der Waals surface area contributed by atoms with Gasteiger partial charge in [0.1, 0.15) is 6.04 Å². The van der Waals surface area contributed by atoms with Crippen molar-refractivity contribution in [3.8, 4) is 0 Å². The second-order valence-electron chi connectivity index (χ2n) is 4.86. The highest BCUT2D eigenvalue weighted by atomic mass is 16.2. The molecule has 20 heavy (non-hydrogen) atoms. The van der Waals surface area contributed by atoms with E-state index in [1.54, 1.807) is 7.05 Å². The molecule has 0 heterocycles. The molecule has 0 aliphatic rings. The summed E-state index contributed by atoms with van der Waals surface area (Å²) in [6, 6.07) is 8.94. The molecular formula is C15H23N3O2. The predicted molar refractivity (Wildman–Crippen MR) is 78.8 cm³/mol. The van der Waals surface area contributed by atoms with Gasteiger partial charge >= 0.3 is 0 Å². The molecule has 0 aliphatic heterocycles. The first-order valence-corrected chi connectivity index (χ1v) is 6.85. The van der Waals surface area contributed by atoms with Crippen molar-refractivity contribution in [1.29, 1.82) is 0 Å². The van der Waals surface area contributed by atoms with Gasteiger partial charge in [0.15, 0.2) is 0 Å². The molecule has 5 nitrogen and oxygen atoms in total. The van der Waals surface area contributed by atoms with Crippen molar-refractivity contribution in [2.75, 3.05) is 13.6 Å². The van der Waals surface area contributed by atoms with E-state index < -0.39 is 11.9 Å². The summed E-state index contributed by atoms with van der Waals surface area (Å²) in [4.78, 5) is 25.1. The van der Waals surface area contributed by atoms with Crippen molar-refractivity contribution < 1.29 is 9.59 Å². The number of unbranched alkanes of at least 4 members (excludes halogenated alkanes) is 1. The highest BCUT2D eigenvalue weighted by Crippen LogP contribution is 2.10. The van der Waals surface area contributed by atoms with Gasteiger partial charge < -0.3 is 16.4 Å². The minimum atomic E-state index is -0.609. The van der Waals surface area contributed by atoms with Crippen LogP contribution >= 0.6 is 0 Å². The van der Waals surface area contributed by atoms with Crippen LogP contribution in [0, 0.1) is 0 Å². The van der Waals surface area contributed by atoms with E-state index >= 15 is 0 Å². The van der Waals surface area contributed by atoms with E-state index in [0.717, 1.165) is 18.4 Å². The van der Waals surface area contributed by atoms with Crippen LogP contribution in [0.2, 0.25) is 0 Å². The van der Waals surface area contributed by atoms with E-state index in [4.69, 9.17) is 11.5 Å². The molecule has 1 aromatic carbocycles. The fourth-order valence-electron chi connectivity index (χ4n) is 2.04. The Balaban J connectivity index is 2.65. The molecule has 0 fully saturated rings. The Morgan fingerprint density at radius 2 is 1.85 bits per heavy atom. The second kappa shape index (κ2) is 8.32. The number of rotatable bonds is 8. The molecule has 1 aromatic rings. The van der Waals surface area contributed by atoms with E-state index in [0.29, 0.717) is 19.4 Å². The normalized spacial score (nSPS) is 11.9. The molecule has 0 aliphatic carbocycles. The van der Waals surface area contributed by atoms with Crippen molar-refractivity contribution in [1.82, 2.24) is 4.90 Å². The first-order chi connectivity index (χ1) is 9.56. The quantitative estimate of drug-likeness (QED) is 0.684. The van der Waals surface area contributed by atoms with Crippen LogP contribution < -0.4 is 11.5 Å². The lowest BCUT2D eigenvalue weighted by molar-refractivity contribution is -0.137. The van der Waals surface area contributed by atoms with Crippen molar-refractivity contribution in [2.45, 2.75) is 31.7 Å². The van der Waals surface area contributed by atoms with Crippen LogP contribution in [0.4, 0.5) is 0 Å². The van der Waals surface area contributed by atoms with Crippen LogP contribution in [0.25, 0.3) is 0 Å². The van der Waals surface area contributed by atoms with Gasteiger partial charge in [-0.2, -0.15) is 0 Å². The highest BCUT2D eigenvalue weighted by Gasteiger charge is 2.24. The van der Waals surface area contributed by atoms with Gasteiger partial charge in [-0.05, 0) is 24.9 Å². The molecule has 5 heteroatoms. The number of primary amides is 1. The standard InChI is InChI=1S/C15H23N3O2/c1-18(14(19)9-5-6-10-16)13(15(17)20)11-12-7-3-2-4-8-12/h2-4,7-8,13H,5-6,9-11,16H2,1H3,(H2,17,20)/t13-/m0/s1. The van der Waals surface area contributed by atoms with Gasteiger partial charge in [-0.3, -0.25) is 9.59 Å². The summed E-state index contributed by atoms with van der Waals surface area (Å²) in [6.07, 6.45) is 2.37. The largest absolute Gasteiger partial charge is 0.368 e. The van der Waals surface area contributed by atoms with Crippen LogP contribution in [0.5, 0.6) is 0 Å². The second-order valence-corrected chi connectivity index (χ2v) is 4.86. The predicted octanol–water partition coefficient (Wildman–Crippen LogP) is 0.670. The maximum atomic E-state index is 12.0. The van der Waals surface area contributed by atoms with Crippen molar-refractivity contribution >= 4 is 11.8 Å². The molecule has 0 aromatic heterocycles. The lowest BCUT2D eigenvalue weighted by Crippen LogP contribution is -2.47. The summed E-state index contributed by atoms with van der Waals surface area (Å²) in [6.45, 7) is 0.570. The fourth-order valence-corrected chi connectivity index (χ4v) is 2.04. The maximum Gasteiger partial charge on any atom is 0.240 e. The minimum absolute atomic E-state index is 0.0711. The number of likely N-dealkylation sites (N-methyl/N-ethyl adjacent to an activating group) is 1. The Bertz CT molecular complexity index is 434. The van der Waals surface area contributed by atoms with Gasteiger partial charge in [0.25, 0.3) is 0 Å². The van der Waals surface area contributed by atoms with E-state index in [9.17, 15) is 9.59 Å². The average Bonchev–Trinajstić information content (AvgIpc) is 2.45. The van der Waals surface area contributed by atoms with Gasteiger partial charge in [-0.1, -0.05) is 30.3 Å². The van der Waals surface area contributed by atoms with E-state index in [1.807, 2.05) is 30.3 Å². The summed E-state index contributed by atoms with van der Waals surface area (Å²) in [5.74, 6) is -0.554. The zero-order valence-corrected chi connectivity index (χ0v) is 11.9. The molecule has 1 rings (SSSR count). The smallest absolute Gasteiger partial charge is 0.240 e. The van der Waals surface area contributed by atoms with Gasteiger partial charge in [0, 0.05) is 19.9 Å². The Hall–Kier alpha value is -1.88. The van der Waals surface area contributed by atoms with E-state index in [-0.39, 0.29) is 5.91 Å². The van der Waals surface area contributed by atoms with Gasteiger partial charge in [-0.15, -0.1) is 0 Å². The lowest BCUT2D eigenvalue weighted by atomic mass is 10.0. The minimum Gasteiger partial charge on any atom is -0.368 e. The Morgan fingerprint density at radius 1 is 1.20 bits per heavy atom. The maximum absolute atomic E-state index is 12.0. The number of amides is 2.